The molecule has 1 aliphatic heterocycles. The van der Waals surface area contributed by atoms with Crippen molar-refractivity contribution in [2.45, 2.75) is 40.7 Å². The number of hydrogen-bond donors (Lipinski definition) is 1. The predicted molar refractivity (Wildman–Crippen MR) is 167 cm³/mol. The summed E-state index contributed by atoms with van der Waals surface area (Å²) in [7, 11) is 1.55. The molecular formula is C33H33N3O7S. The molecule has 1 N–H and O–H groups in total. The quantitative estimate of drug-likeness (QED) is 0.279. The Kier molecular flexibility index (Phi) is 8.59. The summed E-state index contributed by atoms with van der Waals surface area (Å²) in [4.78, 5) is 44.1. The topological polar surface area (TPSA) is 121 Å². The summed E-state index contributed by atoms with van der Waals surface area (Å²) in [5, 5.41) is 9.47. The van der Waals surface area contributed by atoms with Gasteiger partial charge in [0.2, 0.25) is 0 Å². The zero-order valence-corrected chi connectivity index (χ0v) is 26.2. The number of hydrogen-bond acceptors (Lipinski definition) is 8. The van der Waals surface area contributed by atoms with Crippen molar-refractivity contribution in [3.8, 4) is 17.2 Å². The first-order valence-electron chi connectivity index (χ1n) is 14.1. The first-order chi connectivity index (χ1) is 21.1. The van der Waals surface area contributed by atoms with Crippen molar-refractivity contribution < 1.29 is 28.9 Å². The number of carboxylic acids is 1. The number of rotatable bonds is 9. The van der Waals surface area contributed by atoms with Crippen LogP contribution in [0.5, 0.6) is 11.5 Å². The SMILES string of the molecule is CCOC(=O)C1=C(C)N=c2s/c(=C\c3cc(C)n(-c4cccc(C(=O)O)c4)c3C)c(=O)n2[C@@H]1c1ccc(OC)c(OCC)c1. The van der Waals surface area contributed by atoms with Gasteiger partial charge >= 0.3 is 11.9 Å². The number of aromatic carboxylic acids is 1. The first kappa shape index (κ1) is 30.6. The lowest BCUT2D eigenvalue weighted by Gasteiger charge is -2.25. The van der Waals surface area contributed by atoms with Crippen LogP contribution in [0.4, 0.5) is 0 Å². The van der Waals surface area contributed by atoms with E-state index in [4.69, 9.17) is 14.2 Å². The van der Waals surface area contributed by atoms with Gasteiger partial charge in [0.15, 0.2) is 16.3 Å². The second kappa shape index (κ2) is 12.4. The van der Waals surface area contributed by atoms with Gasteiger partial charge in [0, 0.05) is 17.1 Å². The Hall–Kier alpha value is -4.90. The van der Waals surface area contributed by atoms with E-state index in [9.17, 15) is 19.5 Å². The molecule has 44 heavy (non-hydrogen) atoms. The molecule has 0 saturated carbocycles. The Bertz CT molecular complexity index is 2000. The minimum Gasteiger partial charge on any atom is -0.493 e. The van der Waals surface area contributed by atoms with Gasteiger partial charge in [0.1, 0.15) is 0 Å². The molecule has 0 fully saturated rings. The lowest BCUT2D eigenvalue weighted by molar-refractivity contribution is -0.139. The third-order valence-corrected chi connectivity index (χ3v) is 8.41. The van der Waals surface area contributed by atoms with Crippen molar-refractivity contribution >= 4 is 29.4 Å². The fourth-order valence-electron chi connectivity index (χ4n) is 5.49. The number of methoxy groups -OCH3 is 1. The zero-order valence-electron chi connectivity index (χ0n) is 25.3. The van der Waals surface area contributed by atoms with Crippen molar-refractivity contribution in [2.24, 2.45) is 4.99 Å². The summed E-state index contributed by atoms with van der Waals surface area (Å²) >= 11 is 1.23. The Labute approximate surface area is 257 Å². The molecule has 1 aliphatic rings. The highest BCUT2D eigenvalue weighted by molar-refractivity contribution is 7.07. The smallest absolute Gasteiger partial charge is 0.338 e. The Morgan fingerprint density at radius 2 is 1.82 bits per heavy atom. The van der Waals surface area contributed by atoms with Gasteiger partial charge in [-0.25, -0.2) is 14.6 Å². The number of fused-ring (bicyclic) bond motifs is 1. The molecule has 0 bridgehead atoms. The summed E-state index contributed by atoms with van der Waals surface area (Å²) in [6.07, 6.45) is 1.81. The lowest BCUT2D eigenvalue weighted by atomic mass is 9.95. The van der Waals surface area contributed by atoms with Gasteiger partial charge in [-0.1, -0.05) is 23.5 Å². The fraction of sp³-hybridized carbons (Fsp3) is 0.273. The van der Waals surface area contributed by atoms with Crippen LogP contribution in [0.15, 0.2) is 69.6 Å². The number of ether oxygens (including phenoxy) is 3. The summed E-state index contributed by atoms with van der Waals surface area (Å²) in [5.41, 5.74) is 4.49. The van der Waals surface area contributed by atoms with Gasteiger partial charge in [0.05, 0.1) is 47.7 Å². The fourth-order valence-corrected chi connectivity index (χ4v) is 6.53. The summed E-state index contributed by atoms with van der Waals surface area (Å²) in [6.45, 7) is 9.75. The van der Waals surface area contributed by atoms with E-state index >= 15 is 0 Å². The monoisotopic (exact) mass is 615 g/mol. The number of carbonyl (C=O) groups is 2. The van der Waals surface area contributed by atoms with Crippen LogP contribution in [0.1, 0.15) is 59.7 Å². The number of aryl methyl sites for hydroxylation is 1. The Morgan fingerprint density at radius 3 is 2.50 bits per heavy atom. The summed E-state index contributed by atoms with van der Waals surface area (Å²) in [5.74, 6) is -0.528. The van der Waals surface area contributed by atoms with Crippen LogP contribution in [-0.4, -0.2) is 46.5 Å². The number of thiazole rings is 1. The molecule has 10 nitrogen and oxygen atoms in total. The van der Waals surface area contributed by atoms with Gasteiger partial charge < -0.3 is 23.9 Å². The van der Waals surface area contributed by atoms with Crippen molar-refractivity contribution in [1.82, 2.24) is 9.13 Å². The number of benzene rings is 2. The first-order valence-corrected chi connectivity index (χ1v) is 14.9. The molecule has 0 spiro atoms. The molecule has 2 aromatic heterocycles. The van der Waals surface area contributed by atoms with E-state index in [1.807, 2.05) is 43.5 Å². The molecule has 0 aliphatic carbocycles. The maximum absolute atomic E-state index is 14.1. The minimum absolute atomic E-state index is 0.171. The molecule has 228 valence electrons. The van der Waals surface area contributed by atoms with Crippen molar-refractivity contribution in [2.75, 3.05) is 20.3 Å². The molecule has 0 unspecified atom stereocenters. The van der Waals surface area contributed by atoms with E-state index in [1.165, 1.54) is 15.9 Å². The van der Waals surface area contributed by atoms with Crippen LogP contribution in [-0.2, 0) is 9.53 Å². The highest BCUT2D eigenvalue weighted by Crippen LogP contribution is 2.36. The maximum atomic E-state index is 14.1. The molecule has 11 heteroatoms. The molecule has 5 rings (SSSR count). The van der Waals surface area contributed by atoms with Crippen molar-refractivity contribution in [3.63, 3.8) is 0 Å². The Balaban J connectivity index is 1.69. The van der Waals surface area contributed by atoms with Crippen LogP contribution in [0.2, 0.25) is 0 Å². The second-order valence-electron chi connectivity index (χ2n) is 10.2. The standard InChI is InChI=1S/C33H33N3O7S/c1-7-42-26-16-21(12-13-25(26)41-6)29-28(32(40)43-8-2)19(4)34-33-36(29)30(37)27(44-33)17-23-14-18(3)35(20(23)5)24-11-9-10-22(15-24)31(38)39/h9-17,29H,7-8H2,1-6H3,(H,38,39)/b27-17-/t29-/m1/s1. The number of carboxylic acid groups (broad SMARTS) is 1. The molecule has 3 heterocycles. The molecule has 0 saturated heterocycles. The number of esters is 1. The molecule has 1 atom stereocenters. The highest BCUT2D eigenvalue weighted by atomic mass is 32.1. The number of aromatic nitrogens is 2. The average Bonchev–Trinajstić information content (AvgIpc) is 3.45. The van der Waals surface area contributed by atoms with Gasteiger partial charge in [-0.2, -0.15) is 0 Å². The molecule has 4 aromatic rings. The summed E-state index contributed by atoms with van der Waals surface area (Å²) < 4.78 is 20.6. The van der Waals surface area contributed by atoms with E-state index in [2.05, 4.69) is 4.99 Å². The number of allylic oxidation sites excluding steroid dienone is 1. The minimum atomic E-state index is -1.01. The largest absolute Gasteiger partial charge is 0.493 e. The molecule has 0 radical (unpaired) electrons. The average molecular weight is 616 g/mol. The van der Waals surface area contributed by atoms with E-state index in [1.54, 1.807) is 57.4 Å². The molecule has 0 amide bonds. The zero-order chi connectivity index (χ0) is 31.7. The summed E-state index contributed by atoms with van der Waals surface area (Å²) in [6, 6.07) is 13.2. The van der Waals surface area contributed by atoms with Gasteiger partial charge in [-0.3, -0.25) is 9.36 Å². The third-order valence-electron chi connectivity index (χ3n) is 7.43. The van der Waals surface area contributed by atoms with E-state index < -0.39 is 18.0 Å². The van der Waals surface area contributed by atoms with Crippen LogP contribution < -0.4 is 24.4 Å². The van der Waals surface area contributed by atoms with Crippen LogP contribution in [0, 0.1) is 13.8 Å². The lowest BCUT2D eigenvalue weighted by Crippen LogP contribution is -2.40. The van der Waals surface area contributed by atoms with Crippen LogP contribution in [0.3, 0.4) is 0 Å². The van der Waals surface area contributed by atoms with E-state index in [0.717, 1.165) is 17.0 Å². The van der Waals surface area contributed by atoms with Gasteiger partial charge in [-0.05, 0) is 88.2 Å². The Morgan fingerprint density at radius 1 is 1.05 bits per heavy atom. The maximum Gasteiger partial charge on any atom is 0.338 e. The normalized spacial score (nSPS) is 14.7. The van der Waals surface area contributed by atoms with Crippen LogP contribution >= 0.6 is 11.3 Å². The second-order valence-corrected chi connectivity index (χ2v) is 11.2. The van der Waals surface area contributed by atoms with Gasteiger partial charge in [-0.15, -0.1) is 0 Å². The van der Waals surface area contributed by atoms with Gasteiger partial charge in [0.25, 0.3) is 5.56 Å². The van der Waals surface area contributed by atoms with E-state index in [-0.39, 0.29) is 23.3 Å². The van der Waals surface area contributed by atoms with Crippen molar-refractivity contribution in [3.05, 3.63) is 108 Å². The number of carbonyl (C=O) groups excluding carboxylic acids is 1. The van der Waals surface area contributed by atoms with Crippen molar-refractivity contribution in [1.29, 1.82) is 0 Å². The predicted octanol–water partition coefficient (Wildman–Crippen LogP) is 4.31. The third kappa shape index (κ3) is 5.46. The molecular weight excluding hydrogens is 582 g/mol. The van der Waals surface area contributed by atoms with Crippen LogP contribution in [0.25, 0.3) is 11.8 Å². The highest BCUT2D eigenvalue weighted by Gasteiger charge is 2.34. The molecule has 2 aromatic carbocycles. The number of nitrogens with zero attached hydrogens (tertiary/aromatic N) is 3. The van der Waals surface area contributed by atoms with E-state index in [0.29, 0.717) is 44.4 Å².